The van der Waals surface area contributed by atoms with Crippen LogP contribution in [-0.2, 0) is 4.79 Å². The number of carbonyl (C=O) groups excluding carboxylic acids is 1. The molecule has 0 aliphatic rings. The Labute approximate surface area is 132 Å². The summed E-state index contributed by atoms with van der Waals surface area (Å²) in [6.45, 7) is 4.17. The van der Waals surface area contributed by atoms with Crippen molar-refractivity contribution in [3.63, 3.8) is 0 Å². The van der Waals surface area contributed by atoms with Crippen LogP contribution < -0.4 is 0 Å². The quantitative estimate of drug-likeness (QED) is 0.809. The molecule has 22 heavy (non-hydrogen) atoms. The van der Waals surface area contributed by atoms with E-state index >= 15 is 0 Å². The molecule has 118 valence electrons. The van der Waals surface area contributed by atoms with Crippen LogP contribution in [0.25, 0.3) is 11.3 Å². The van der Waals surface area contributed by atoms with Crippen LogP contribution in [0, 0.1) is 6.92 Å². The summed E-state index contributed by atoms with van der Waals surface area (Å²) in [4.78, 5) is 18.5. The molecule has 0 saturated heterocycles. The maximum Gasteiger partial charge on any atom is 0.234 e. The number of benzene rings is 1. The zero-order chi connectivity index (χ0) is 16.1. The van der Waals surface area contributed by atoms with Crippen molar-refractivity contribution in [3.8, 4) is 11.3 Å². The topological polar surface area (TPSA) is 46.3 Å². The van der Waals surface area contributed by atoms with E-state index in [1.54, 1.807) is 25.3 Å². The van der Waals surface area contributed by atoms with Crippen LogP contribution in [0.1, 0.15) is 43.6 Å². The van der Waals surface area contributed by atoms with Gasteiger partial charge in [0.2, 0.25) is 11.8 Å². The van der Waals surface area contributed by atoms with E-state index in [1.807, 2.05) is 24.3 Å². The third-order valence-electron chi connectivity index (χ3n) is 3.75. The number of unbranched alkanes of at least 4 members (excludes halogenated alkanes) is 1. The summed E-state index contributed by atoms with van der Waals surface area (Å²) in [5.74, 6) is 0.266. The summed E-state index contributed by atoms with van der Waals surface area (Å²) < 4.78 is 5.62. The first kappa shape index (κ1) is 16.3. The summed E-state index contributed by atoms with van der Waals surface area (Å²) in [6, 6.07) is 8.13. The molecule has 2 aromatic rings. The number of oxazole rings is 1. The van der Waals surface area contributed by atoms with Gasteiger partial charge >= 0.3 is 0 Å². The summed E-state index contributed by atoms with van der Waals surface area (Å²) in [5, 5.41) is 0. The van der Waals surface area contributed by atoms with Gasteiger partial charge in [-0.25, -0.2) is 4.98 Å². The highest BCUT2D eigenvalue weighted by Crippen LogP contribution is 2.27. The fourth-order valence-corrected chi connectivity index (χ4v) is 2.38. The summed E-state index contributed by atoms with van der Waals surface area (Å²) >= 11 is 0. The molecule has 0 aliphatic heterocycles. The molecular formula is C18H24N2O2. The molecule has 1 amide bonds. The highest BCUT2D eigenvalue weighted by molar-refractivity contribution is 5.82. The van der Waals surface area contributed by atoms with E-state index in [4.69, 9.17) is 4.42 Å². The molecule has 0 N–H and O–H groups in total. The van der Waals surface area contributed by atoms with Crippen molar-refractivity contribution in [1.29, 1.82) is 0 Å². The van der Waals surface area contributed by atoms with Crippen molar-refractivity contribution < 1.29 is 9.21 Å². The van der Waals surface area contributed by atoms with Crippen molar-refractivity contribution >= 4 is 5.91 Å². The Hall–Kier alpha value is -2.10. The minimum Gasteiger partial charge on any atom is -0.447 e. The highest BCUT2D eigenvalue weighted by atomic mass is 16.3. The van der Waals surface area contributed by atoms with Gasteiger partial charge in [-0.3, -0.25) is 4.79 Å². The SMILES string of the molecule is CCCCC(C(=O)N(C)C)c1nc(-c2ccc(C)cc2)co1. The second-order valence-electron chi connectivity index (χ2n) is 5.86. The van der Waals surface area contributed by atoms with Crippen molar-refractivity contribution in [2.75, 3.05) is 14.1 Å². The molecule has 0 radical (unpaired) electrons. The lowest BCUT2D eigenvalue weighted by Crippen LogP contribution is -2.28. The Kier molecular flexibility index (Phi) is 5.36. The summed E-state index contributed by atoms with van der Waals surface area (Å²) in [6.07, 6.45) is 4.43. The van der Waals surface area contributed by atoms with Gasteiger partial charge in [0, 0.05) is 19.7 Å². The van der Waals surface area contributed by atoms with Crippen LogP contribution in [0.2, 0.25) is 0 Å². The smallest absolute Gasteiger partial charge is 0.234 e. The fourth-order valence-electron chi connectivity index (χ4n) is 2.38. The van der Waals surface area contributed by atoms with Gasteiger partial charge in [-0.05, 0) is 13.3 Å². The second-order valence-corrected chi connectivity index (χ2v) is 5.86. The molecule has 0 saturated carbocycles. The van der Waals surface area contributed by atoms with E-state index in [2.05, 4.69) is 18.8 Å². The summed E-state index contributed by atoms with van der Waals surface area (Å²) in [7, 11) is 3.54. The van der Waals surface area contributed by atoms with Crippen molar-refractivity contribution in [1.82, 2.24) is 9.88 Å². The van der Waals surface area contributed by atoms with Gasteiger partial charge in [0.25, 0.3) is 0 Å². The van der Waals surface area contributed by atoms with Crippen LogP contribution >= 0.6 is 0 Å². The molecule has 0 fully saturated rings. The third kappa shape index (κ3) is 3.75. The normalized spacial score (nSPS) is 12.2. The molecule has 1 atom stereocenters. The number of hydrogen-bond donors (Lipinski definition) is 0. The molecule has 1 unspecified atom stereocenters. The number of aryl methyl sites for hydroxylation is 1. The van der Waals surface area contributed by atoms with Crippen molar-refractivity contribution in [2.24, 2.45) is 0 Å². The third-order valence-corrected chi connectivity index (χ3v) is 3.75. The standard InChI is InChI=1S/C18H24N2O2/c1-5-6-7-15(18(21)20(3)4)17-19-16(12-22-17)14-10-8-13(2)9-11-14/h8-12,15H,5-7H2,1-4H3. The fraction of sp³-hybridized carbons (Fsp3) is 0.444. The highest BCUT2D eigenvalue weighted by Gasteiger charge is 2.26. The first-order chi connectivity index (χ1) is 10.5. The van der Waals surface area contributed by atoms with Gasteiger partial charge in [-0.2, -0.15) is 0 Å². The van der Waals surface area contributed by atoms with Gasteiger partial charge in [-0.1, -0.05) is 49.6 Å². The first-order valence-electron chi connectivity index (χ1n) is 7.76. The largest absolute Gasteiger partial charge is 0.447 e. The molecule has 0 aliphatic carbocycles. The van der Waals surface area contributed by atoms with Crippen LogP contribution in [0.3, 0.4) is 0 Å². The number of amides is 1. The monoisotopic (exact) mass is 300 g/mol. The molecule has 0 spiro atoms. The van der Waals surface area contributed by atoms with E-state index in [-0.39, 0.29) is 11.8 Å². The maximum atomic E-state index is 12.4. The molecule has 4 nitrogen and oxygen atoms in total. The van der Waals surface area contributed by atoms with Crippen LogP contribution in [0.5, 0.6) is 0 Å². The number of likely N-dealkylation sites (N-methyl/N-ethyl adjacent to an activating group) is 1. The first-order valence-corrected chi connectivity index (χ1v) is 7.76. The second kappa shape index (κ2) is 7.25. The molecular weight excluding hydrogens is 276 g/mol. The van der Waals surface area contributed by atoms with Crippen LogP contribution in [0.15, 0.2) is 34.9 Å². The van der Waals surface area contributed by atoms with Gasteiger partial charge in [0.1, 0.15) is 17.9 Å². The number of carbonyl (C=O) groups is 1. The lowest BCUT2D eigenvalue weighted by molar-refractivity contribution is -0.131. The van der Waals surface area contributed by atoms with E-state index < -0.39 is 0 Å². The van der Waals surface area contributed by atoms with Crippen LogP contribution in [-0.4, -0.2) is 29.9 Å². The van der Waals surface area contributed by atoms with Gasteiger partial charge in [0.15, 0.2) is 0 Å². The molecule has 4 heteroatoms. The lowest BCUT2D eigenvalue weighted by atomic mass is 10.0. The Bertz CT molecular complexity index is 614. The Morgan fingerprint density at radius 1 is 1.27 bits per heavy atom. The lowest BCUT2D eigenvalue weighted by Gasteiger charge is -2.17. The molecule has 2 rings (SSSR count). The Morgan fingerprint density at radius 3 is 2.55 bits per heavy atom. The average molecular weight is 300 g/mol. The van der Waals surface area contributed by atoms with Gasteiger partial charge < -0.3 is 9.32 Å². The van der Waals surface area contributed by atoms with Gasteiger partial charge in [0.05, 0.1) is 0 Å². The number of hydrogen-bond acceptors (Lipinski definition) is 3. The van der Waals surface area contributed by atoms with Crippen molar-refractivity contribution in [3.05, 3.63) is 42.0 Å². The van der Waals surface area contributed by atoms with Crippen LogP contribution in [0.4, 0.5) is 0 Å². The molecule has 1 heterocycles. The van der Waals surface area contributed by atoms with E-state index in [9.17, 15) is 4.79 Å². The molecule has 1 aromatic heterocycles. The molecule has 0 bridgehead atoms. The Morgan fingerprint density at radius 2 is 1.95 bits per heavy atom. The minimum absolute atomic E-state index is 0.0470. The number of nitrogens with zero attached hydrogens (tertiary/aromatic N) is 2. The predicted molar refractivity (Wildman–Crippen MR) is 87.6 cm³/mol. The molecule has 1 aromatic carbocycles. The Balaban J connectivity index is 2.25. The summed E-state index contributed by atoms with van der Waals surface area (Å²) in [5.41, 5.74) is 2.99. The van der Waals surface area contributed by atoms with Crippen molar-refractivity contribution in [2.45, 2.75) is 39.0 Å². The number of rotatable bonds is 6. The van der Waals surface area contributed by atoms with Gasteiger partial charge in [-0.15, -0.1) is 0 Å². The average Bonchev–Trinajstić information content (AvgIpc) is 2.97. The zero-order valence-corrected chi connectivity index (χ0v) is 13.8. The predicted octanol–water partition coefficient (Wildman–Crippen LogP) is 4.01. The van der Waals surface area contributed by atoms with E-state index in [1.165, 1.54) is 5.56 Å². The van der Waals surface area contributed by atoms with E-state index in [0.29, 0.717) is 5.89 Å². The number of aromatic nitrogens is 1. The maximum absolute atomic E-state index is 12.4. The van der Waals surface area contributed by atoms with E-state index in [0.717, 1.165) is 30.5 Å². The minimum atomic E-state index is -0.297. The zero-order valence-electron chi connectivity index (χ0n) is 13.8.